The Labute approximate surface area is 279 Å². The van der Waals surface area contributed by atoms with Gasteiger partial charge in [0.25, 0.3) is 11.8 Å². The predicted molar refractivity (Wildman–Crippen MR) is 180 cm³/mol. The summed E-state index contributed by atoms with van der Waals surface area (Å²) in [4.78, 5) is 54.1. The first-order valence-corrected chi connectivity index (χ1v) is 15.7. The molecule has 1 heterocycles. The van der Waals surface area contributed by atoms with E-state index in [-0.39, 0.29) is 29.4 Å². The van der Waals surface area contributed by atoms with Crippen molar-refractivity contribution < 1.29 is 38.5 Å². The van der Waals surface area contributed by atoms with Crippen LogP contribution in [0.4, 0.5) is 5.69 Å². The summed E-state index contributed by atoms with van der Waals surface area (Å²) in [6.07, 6.45) is 8.64. The summed E-state index contributed by atoms with van der Waals surface area (Å²) in [5.41, 5.74) is 1.91. The highest BCUT2D eigenvalue weighted by molar-refractivity contribution is 6.04. The number of carbonyl (C=O) groups is 4. The first-order valence-electron chi connectivity index (χ1n) is 15.7. The SMILES string of the molecule is CCCCCCCOc1ccc(C(=O)Oc2ccc(CC(NC(=O)c3ccc(NC(=O)c4cccnc4)cc3)C(=O)O)cc2OC)cc1. The van der Waals surface area contributed by atoms with E-state index in [1.54, 1.807) is 66.9 Å². The number of ether oxygens (including phenoxy) is 3. The lowest BCUT2D eigenvalue weighted by atomic mass is 10.0. The number of nitrogens with one attached hydrogen (secondary N) is 2. The number of carboxylic acids is 1. The number of nitrogens with zero attached hydrogens (tertiary/aromatic N) is 1. The average molecular weight is 654 g/mol. The average Bonchev–Trinajstić information content (AvgIpc) is 3.10. The van der Waals surface area contributed by atoms with E-state index < -0.39 is 23.9 Å². The molecule has 11 heteroatoms. The van der Waals surface area contributed by atoms with Crippen molar-refractivity contribution in [2.75, 3.05) is 19.0 Å². The van der Waals surface area contributed by atoms with E-state index in [1.165, 1.54) is 50.8 Å². The molecule has 3 N–H and O–H groups in total. The molecule has 0 aliphatic heterocycles. The maximum Gasteiger partial charge on any atom is 0.343 e. The predicted octanol–water partition coefficient (Wildman–Crippen LogP) is 6.34. The molecule has 11 nitrogen and oxygen atoms in total. The van der Waals surface area contributed by atoms with Crippen molar-refractivity contribution in [1.82, 2.24) is 10.3 Å². The zero-order chi connectivity index (χ0) is 34.3. The van der Waals surface area contributed by atoms with Crippen LogP contribution in [-0.2, 0) is 11.2 Å². The fraction of sp³-hybridized carbons (Fsp3) is 0.270. The Morgan fingerprint density at radius 1 is 0.812 bits per heavy atom. The number of benzene rings is 3. The highest BCUT2D eigenvalue weighted by Crippen LogP contribution is 2.30. The van der Waals surface area contributed by atoms with Crippen molar-refractivity contribution in [1.29, 1.82) is 0 Å². The smallest absolute Gasteiger partial charge is 0.343 e. The number of pyridine rings is 1. The molecule has 0 aliphatic rings. The lowest BCUT2D eigenvalue weighted by Gasteiger charge is -2.16. The molecular weight excluding hydrogens is 614 g/mol. The molecule has 48 heavy (non-hydrogen) atoms. The molecule has 2 amide bonds. The number of aromatic nitrogens is 1. The van der Waals surface area contributed by atoms with E-state index in [2.05, 4.69) is 22.5 Å². The van der Waals surface area contributed by atoms with Gasteiger partial charge < -0.3 is 30.0 Å². The topological polar surface area (TPSA) is 153 Å². The number of amides is 2. The van der Waals surface area contributed by atoms with Gasteiger partial charge in [-0.2, -0.15) is 0 Å². The van der Waals surface area contributed by atoms with Crippen molar-refractivity contribution in [2.45, 2.75) is 51.5 Å². The monoisotopic (exact) mass is 653 g/mol. The number of unbranched alkanes of at least 4 members (excludes halogenated alkanes) is 4. The molecule has 250 valence electrons. The summed E-state index contributed by atoms with van der Waals surface area (Å²) in [5, 5.41) is 15.1. The quantitative estimate of drug-likeness (QED) is 0.0673. The van der Waals surface area contributed by atoms with Gasteiger partial charge in [-0.05, 0) is 84.8 Å². The molecule has 1 unspecified atom stereocenters. The highest BCUT2D eigenvalue weighted by atomic mass is 16.6. The van der Waals surface area contributed by atoms with Crippen LogP contribution in [0.2, 0.25) is 0 Å². The molecule has 4 rings (SSSR count). The van der Waals surface area contributed by atoms with Crippen molar-refractivity contribution in [3.63, 3.8) is 0 Å². The van der Waals surface area contributed by atoms with Gasteiger partial charge in [-0.25, -0.2) is 9.59 Å². The van der Waals surface area contributed by atoms with Crippen LogP contribution < -0.4 is 24.8 Å². The summed E-state index contributed by atoms with van der Waals surface area (Å²) >= 11 is 0. The van der Waals surface area contributed by atoms with Crippen molar-refractivity contribution >= 4 is 29.4 Å². The second-order valence-corrected chi connectivity index (χ2v) is 11.0. The van der Waals surface area contributed by atoms with Gasteiger partial charge in [-0.3, -0.25) is 14.6 Å². The van der Waals surface area contributed by atoms with Gasteiger partial charge in [-0.1, -0.05) is 38.7 Å². The molecule has 3 aromatic carbocycles. The van der Waals surface area contributed by atoms with Crippen LogP contribution >= 0.6 is 0 Å². The van der Waals surface area contributed by atoms with Gasteiger partial charge in [0.2, 0.25) is 0 Å². The third kappa shape index (κ3) is 10.4. The molecular formula is C37H39N3O8. The fourth-order valence-corrected chi connectivity index (χ4v) is 4.75. The van der Waals surface area contributed by atoms with Crippen LogP contribution in [0.5, 0.6) is 17.2 Å². The molecule has 0 aliphatic carbocycles. The first-order chi connectivity index (χ1) is 23.3. The molecule has 1 atom stereocenters. The lowest BCUT2D eigenvalue weighted by molar-refractivity contribution is -0.139. The zero-order valence-electron chi connectivity index (χ0n) is 26.9. The molecule has 0 saturated heterocycles. The van der Waals surface area contributed by atoms with Crippen LogP contribution in [-0.4, -0.2) is 53.6 Å². The Morgan fingerprint density at radius 2 is 1.54 bits per heavy atom. The normalized spacial score (nSPS) is 11.2. The third-order valence-electron chi connectivity index (χ3n) is 7.41. The Kier molecular flexibility index (Phi) is 13.1. The maximum absolute atomic E-state index is 12.9. The summed E-state index contributed by atoms with van der Waals surface area (Å²) in [6.45, 7) is 2.79. The van der Waals surface area contributed by atoms with Gasteiger partial charge >= 0.3 is 11.9 Å². The van der Waals surface area contributed by atoms with Crippen LogP contribution in [0.25, 0.3) is 0 Å². The lowest BCUT2D eigenvalue weighted by Crippen LogP contribution is -2.42. The van der Waals surface area contributed by atoms with Crippen molar-refractivity contribution in [2.24, 2.45) is 0 Å². The highest BCUT2D eigenvalue weighted by Gasteiger charge is 2.23. The molecule has 4 aromatic rings. The Morgan fingerprint density at radius 3 is 2.21 bits per heavy atom. The number of rotatable bonds is 17. The molecule has 0 radical (unpaired) electrons. The largest absolute Gasteiger partial charge is 0.494 e. The van der Waals surface area contributed by atoms with Gasteiger partial charge in [-0.15, -0.1) is 0 Å². The van der Waals surface area contributed by atoms with Crippen molar-refractivity contribution in [3.05, 3.63) is 114 Å². The van der Waals surface area contributed by atoms with Crippen LogP contribution in [0.15, 0.2) is 91.3 Å². The second-order valence-electron chi connectivity index (χ2n) is 11.0. The minimum atomic E-state index is -1.27. The summed E-state index contributed by atoms with van der Waals surface area (Å²) in [5.74, 6) is -1.73. The number of carboxylic acid groups (broad SMARTS) is 1. The van der Waals surface area contributed by atoms with E-state index in [1.807, 2.05) is 0 Å². The van der Waals surface area contributed by atoms with E-state index >= 15 is 0 Å². The van der Waals surface area contributed by atoms with Gasteiger partial charge in [0.1, 0.15) is 11.8 Å². The minimum absolute atomic E-state index is 0.0645. The Bertz CT molecular complexity index is 1680. The van der Waals surface area contributed by atoms with Gasteiger partial charge in [0, 0.05) is 30.1 Å². The fourth-order valence-electron chi connectivity index (χ4n) is 4.75. The molecule has 0 fully saturated rings. The first kappa shape index (κ1) is 35.1. The Hall–Kier alpha value is -5.71. The molecule has 0 bridgehead atoms. The van der Waals surface area contributed by atoms with Gasteiger partial charge in [0.15, 0.2) is 11.5 Å². The third-order valence-corrected chi connectivity index (χ3v) is 7.41. The van der Waals surface area contributed by atoms with E-state index in [9.17, 15) is 24.3 Å². The number of anilines is 1. The summed E-state index contributed by atoms with van der Waals surface area (Å²) in [7, 11) is 1.41. The van der Waals surface area contributed by atoms with Crippen LogP contribution in [0.1, 0.15) is 75.7 Å². The van der Waals surface area contributed by atoms with Crippen LogP contribution in [0.3, 0.4) is 0 Å². The summed E-state index contributed by atoms with van der Waals surface area (Å²) in [6, 6.07) is 19.4. The molecule has 0 saturated carbocycles. The van der Waals surface area contributed by atoms with E-state index in [4.69, 9.17) is 14.2 Å². The van der Waals surface area contributed by atoms with E-state index in [0.29, 0.717) is 34.7 Å². The van der Waals surface area contributed by atoms with Gasteiger partial charge in [0.05, 0.1) is 24.8 Å². The van der Waals surface area contributed by atoms with Crippen molar-refractivity contribution in [3.8, 4) is 17.2 Å². The molecule has 0 spiro atoms. The number of esters is 1. The number of hydrogen-bond donors (Lipinski definition) is 3. The minimum Gasteiger partial charge on any atom is -0.494 e. The number of aliphatic carboxylic acids is 1. The number of methoxy groups -OCH3 is 1. The second kappa shape index (κ2) is 17.8. The zero-order valence-corrected chi connectivity index (χ0v) is 26.9. The maximum atomic E-state index is 12.9. The van der Waals surface area contributed by atoms with Crippen LogP contribution in [0, 0.1) is 0 Å². The van der Waals surface area contributed by atoms with E-state index in [0.717, 1.165) is 12.8 Å². The summed E-state index contributed by atoms with van der Waals surface area (Å²) < 4.78 is 16.7. The Balaban J connectivity index is 1.32. The number of hydrogen-bond acceptors (Lipinski definition) is 8. The standard InChI is InChI=1S/C37H39N3O8/c1-3-4-5-6-7-21-47-30-17-13-27(14-18-30)37(45)48-32-19-10-25(23-33(32)46-2)22-31(36(43)44)40-34(41)26-11-15-29(16-12-26)39-35(42)28-9-8-20-38-24-28/h8-20,23-24,31H,3-7,21-22H2,1-2H3,(H,39,42)(H,40,41)(H,43,44). The molecule has 1 aromatic heterocycles. The number of carbonyl (C=O) groups excluding carboxylic acids is 3.